The summed E-state index contributed by atoms with van der Waals surface area (Å²) < 4.78 is 0. The van der Waals surface area contributed by atoms with Gasteiger partial charge in [0, 0.05) is 4.83 Å². The van der Waals surface area contributed by atoms with Crippen LogP contribution in [0.3, 0.4) is 0 Å². The molecule has 0 aliphatic heterocycles. The lowest BCUT2D eigenvalue weighted by Gasteiger charge is -2.07. The molecule has 0 amide bonds. The molecule has 0 fully saturated rings. The molecule has 0 saturated carbocycles. The monoisotopic (exact) mass is 280 g/mol. The highest BCUT2D eigenvalue weighted by Gasteiger charge is 2.29. The highest BCUT2D eigenvalue weighted by Crippen LogP contribution is 2.39. The first-order valence-electron chi connectivity index (χ1n) is 3.89. The van der Waals surface area contributed by atoms with Crippen LogP contribution < -0.4 is 0 Å². The van der Waals surface area contributed by atoms with Crippen LogP contribution in [0, 0.1) is 0 Å². The Morgan fingerprint density at radius 2 is 1.92 bits per heavy atom. The van der Waals surface area contributed by atoms with Crippen molar-refractivity contribution in [3.8, 4) is 0 Å². The predicted molar refractivity (Wildman–Crippen MR) is 57.8 cm³/mol. The molecule has 0 heterocycles. The minimum absolute atomic E-state index is 0.0806. The van der Waals surface area contributed by atoms with Gasteiger partial charge < -0.3 is 5.11 Å². The number of alkyl halides is 1. The molecular weight excluding hydrogens is 275 g/mol. The largest absolute Gasteiger partial charge is 0.387 e. The fourth-order valence-electron chi connectivity index (χ4n) is 1.57. The minimum Gasteiger partial charge on any atom is -0.387 e. The van der Waals surface area contributed by atoms with Crippen molar-refractivity contribution in [1.82, 2.24) is 0 Å². The molecule has 1 aromatic carbocycles. The zero-order valence-electron chi connectivity index (χ0n) is 6.60. The molecule has 2 rings (SSSR count). The van der Waals surface area contributed by atoms with E-state index in [0.717, 1.165) is 17.5 Å². The fraction of sp³-hybridized carbons (Fsp3) is 0.333. The summed E-state index contributed by atoms with van der Waals surface area (Å²) >= 11 is 15.1. The van der Waals surface area contributed by atoms with E-state index in [1.54, 1.807) is 6.07 Å². The lowest BCUT2D eigenvalue weighted by Crippen LogP contribution is -2.03. The summed E-state index contributed by atoms with van der Waals surface area (Å²) in [5, 5.41) is 10.8. The first-order valence-corrected chi connectivity index (χ1v) is 5.56. The van der Waals surface area contributed by atoms with E-state index >= 15 is 0 Å². The molecule has 2 atom stereocenters. The Kier molecular flexibility index (Phi) is 2.58. The van der Waals surface area contributed by atoms with Crippen molar-refractivity contribution in [2.45, 2.75) is 17.4 Å². The molecule has 0 radical (unpaired) electrons. The van der Waals surface area contributed by atoms with Gasteiger partial charge in [-0.1, -0.05) is 39.1 Å². The van der Waals surface area contributed by atoms with E-state index in [1.807, 2.05) is 6.07 Å². The summed E-state index contributed by atoms with van der Waals surface area (Å²) in [4.78, 5) is 0.0806. The van der Waals surface area contributed by atoms with Crippen LogP contribution in [-0.4, -0.2) is 9.93 Å². The number of aliphatic hydroxyl groups excluding tert-OH is 1. The zero-order chi connectivity index (χ0) is 9.59. The molecule has 0 spiro atoms. The van der Waals surface area contributed by atoms with Crippen molar-refractivity contribution >= 4 is 39.1 Å². The first kappa shape index (κ1) is 9.78. The molecule has 1 aromatic rings. The second kappa shape index (κ2) is 3.43. The van der Waals surface area contributed by atoms with Gasteiger partial charge in [-0.05, 0) is 29.7 Å². The second-order valence-corrected chi connectivity index (χ2v) is 5.12. The number of halogens is 3. The quantitative estimate of drug-likeness (QED) is 0.723. The van der Waals surface area contributed by atoms with Crippen LogP contribution in [0.2, 0.25) is 10.0 Å². The molecule has 1 N–H and O–H groups in total. The summed E-state index contributed by atoms with van der Waals surface area (Å²) in [6.45, 7) is 0. The lowest BCUT2D eigenvalue weighted by atomic mass is 10.1. The number of hydrogen-bond donors (Lipinski definition) is 1. The normalized spacial score (nSPS) is 26.2. The molecule has 1 nitrogen and oxygen atoms in total. The SMILES string of the molecule is OC1c2cc(Cl)c(Cl)cc2CC1Br. The standard InChI is InChI=1S/C9H7BrCl2O/c10-6-1-4-2-7(11)8(12)3-5(4)9(6)13/h2-3,6,9,13H,1H2. The molecule has 4 heteroatoms. The maximum atomic E-state index is 9.72. The molecule has 13 heavy (non-hydrogen) atoms. The van der Waals surface area contributed by atoms with Crippen LogP contribution in [0.15, 0.2) is 12.1 Å². The summed E-state index contributed by atoms with van der Waals surface area (Å²) in [6, 6.07) is 3.56. The Labute approximate surface area is 94.8 Å². The van der Waals surface area contributed by atoms with Crippen molar-refractivity contribution < 1.29 is 5.11 Å². The van der Waals surface area contributed by atoms with Crippen molar-refractivity contribution in [1.29, 1.82) is 0 Å². The van der Waals surface area contributed by atoms with Crippen LogP contribution in [0.5, 0.6) is 0 Å². The topological polar surface area (TPSA) is 20.2 Å². The molecular formula is C9H7BrCl2O. The smallest absolute Gasteiger partial charge is 0.0921 e. The average molecular weight is 282 g/mol. The Morgan fingerprint density at radius 1 is 1.31 bits per heavy atom. The van der Waals surface area contributed by atoms with Crippen molar-refractivity contribution in [2.24, 2.45) is 0 Å². The van der Waals surface area contributed by atoms with Crippen LogP contribution in [-0.2, 0) is 6.42 Å². The third-order valence-corrected chi connectivity index (χ3v) is 3.80. The van der Waals surface area contributed by atoms with E-state index < -0.39 is 6.10 Å². The summed E-state index contributed by atoms with van der Waals surface area (Å²) in [5.74, 6) is 0. The highest BCUT2D eigenvalue weighted by atomic mass is 79.9. The summed E-state index contributed by atoms with van der Waals surface area (Å²) in [7, 11) is 0. The van der Waals surface area contributed by atoms with Gasteiger partial charge in [-0.25, -0.2) is 0 Å². The molecule has 2 unspecified atom stereocenters. The van der Waals surface area contributed by atoms with E-state index in [4.69, 9.17) is 23.2 Å². The van der Waals surface area contributed by atoms with Gasteiger partial charge in [-0.15, -0.1) is 0 Å². The molecule has 0 bridgehead atoms. The Hall–Kier alpha value is 0.240. The minimum atomic E-state index is -0.468. The van der Waals surface area contributed by atoms with Gasteiger partial charge in [0.15, 0.2) is 0 Å². The van der Waals surface area contributed by atoms with Gasteiger partial charge in [0.25, 0.3) is 0 Å². The van der Waals surface area contributed by atoms with Gasteiger partial charge in [0.05, 0.1) is 16.1 Å². The second-order valence-electron chi connectivity index (χ2n) is 3.13. The third kappa shape index (κ3) is 1.61. The van der Waals surface area contributed by atoms with E-state index in [1.165, 1.54) is 0 Å². The number of benzene rings is 1. The van der Waals surface area contributed by atoms with Crippen LogP contribution in [0.25, 0.3) is 0 Å². The molecule has 0 aromatic heterocycles. The number of hydrogen-bond acceptors (Lipinski definition) is 1. The molecule has 70 valence electrons. The van der Waals surface area contributed by atoms with Gasteiger partial charge in [-0.2, -0.15) is 0 Å². The molecule has 1 aliphatic rings. The van der Waals surface area contributed by atoms with Gasteiger partial charge in [-0.3, -0.25) is 0 Å². The van der Waals surface area contributed by atoms with Gasteiger partial charge in [0.1, 0.15) is 0 Å². The van der Waals surface area contributed by atoms with Crippen molar-refractivity contribution in [2.75, 3.05) is 0 Å². The molecule has 0 saturated heterocycles. The maximum absolute atomic E-state index is 9.72. The van der Waals surface area contributed by atoms with Gasteiger partial charge in [0.2, 0.25) is 0 Å². The van der Waals surface area contributed by atoms with E-state index in [-0.39, 0.29) is 4.83 Å². The van der Waals surface area contributed by atoms with Crippen LogP contribution >= 0.6 is 39.1 Å². The van der Waals surface area contributed by atoms with E-state index in [0.29, 0.717) is 10.0 Å². The van der Waals surface area contributed by atoms with Crippen LogP contribution in [0.4, 0.5) is 0 Å². The molecule has 1 aliphatic carbocycles. The zero-order valence-corrected chi connectivity index (χ0v) is 9.70. The van der Waals surface area contributed by atoms with E-state index in [9.17, 15) is 5.11 Å². The van der Waals surface area contributed by atoms with Gasteiger partial charge >= 0.3 is 0 Å². The van der Waals surface area contributed by atoms with Crippen molar-refractivity contribution in [3.05, 3.63) is 33.3 Å². The Bertz CT molecular complexity index is 354. The average Bonchev–Trinajstić information content (AvgIpc) is 2.32. The van der Waals surface area contributed by atoms with E-state index in [2.05, 4.69) is 15.9 Å². The summed E-state index contributed by atoms with van der Waals surface area (Å²) in [5.41, 5.74) is 1.96. The lowest BCUT2D eigenvalue weighted by molar-refractivity contribution is 0.187. The predicted octanol–water partition coefficient (Wildman–Crippen LogP) is 3.35. The Balaban J connectivity index is 2.53. The number of rotatable bonds is 0. The fourth-order valence-corrected chi connectivity index (χ4v) is 2.56. The van der Waals surface area contributed by atoms with Crippen molar-refractivity contribution in [3.63, 3.8) is 0 Å². The Morgan fingerprint density at radius 3 is 2.62 bits per heavy atom. The maximum Gasteiger partial charge on any atom is 0.0921 e. The number of fused-ring (bicyclic) bond motifs is 1. The summed E-state index contributed by atoms with van der Waals surface area (Å²) in [6.07, 6.45) is 0.331. The third-order valence-electron chi connectivity index (χ3n) is 2.26. The van der Waals surface area contributed by atoms with Crippen LogP contribution in [0.1, 0.15) is 17.2 Å². The number of aliphatic hydroxyl groups is 1. The first-order chi connectivity index (χ1) is 6.09. The highest BCUT2D eigenvalue weighted by molar-refractivity contribution is 9.09.